The van der Waals surface area contributed by atoms with E-state index in [1.165, 1.54) is 27.7 Å². The van der Waals surface area contributed by atoms with Crippen LogP contribution in [0.5, 0.6) is 0 Å². The smallest absolute Gasteiger partial charge is 0.0832 e. The second kappa shape index (κ2) is 5.93. The summed E-state index contributed by atoms with van der Waals surface area (Å²) in [4.78, 5) is 0. The van der Waals surface area contributed by atoms with Gasteiger partial charge in [-0.15, -0.1) is 0 Å². The first-order chi connectivity index (χ1) is 12.4. The van der Waals surface area contributed by atoms with Gasteiger partial charge in [0.15, 0.2) is 6.71 Å². The third-order valence-electron chi connectivity index (χ3n) is 5.63. The summed E-state index contributed by atoms with van der Waals surface area (Å²) in [6.07, 6.45) is 9.38. The maximum atomic E-state index is 2.40. The Labute approximate surface area is 149 Å². The van der Waals surface area contributed by atoms with Gasteiger partial charge in [0.25, 0.3) is 0 Å². The second-order valence-electron chi connectivity index (χ2n) is 6.96. The van der Waals surface area contributed by atoms with Crippen molar-refractivity contribution in [3.8, 4) is 0 Å². The summed E-state index contributed by atoms with van der Waals surface area (Å²) in [6, 6.07) is 28.6. The van der Waals surface area contributed by atoms with Crippen LogP contribution in [-0.2, 0) is 0 Å². The third kappa shape index (κ3) is 2.39. The van der Waals surface area contributed by atoms with E-state index in [1.54, 1.807) is 0 Å². The normalized spacial score (nSPS) is 19.7. The molecule has 118 valence electrons. The van der Waals surface area contributed by atoms with Crippen LogP contribution in [0.2, 0.25) is 0 Å². The lowest BCUT2D eigenvalue weighted by Gasteiger charge is -2.27. The van der Waals surface area contributed by atoms with Gasteiger partial charge in [0.05, 0.1) is 0 Å². The van der Waals surface area contributed by atoms with Crippen molar-refractivity contribution in [1.29, 1.82) is 0 Å². The molecule has 2 atom stereocenters. The predicted octanol–water partition coefficient (Wildman–Crippen LogP) is 5.09. The Morgan fingerprint density at radius 3 is 1.56 bits per heavy atom. The molecule has 0 nitrogen and oxygen atoms in total. The molecule has 25 heavy (non-hydrogen) atoms. The molecule has 0 fully saturated rings. The van der Waals surface area contributed by atoms with Crippen molar-refractivity contribution in [3.63, 3.8) is 0 Å². The molecule has 0 spiro atoms. The molecule has 0 saturated carbocycles. The number of benzene rings is 3. The lowest BCUT2D eigenvalue weighted by molar-refractivity contribution is 1.11. The molecule has 0 amide bonds. The van der Waals surface area contributed by atoms with Crippen molar-refractivity contribution in [2.24, 2.45) is 0 Å². The Morgan fingerprint density at radius 1 is 0.520 bits per heavy atom. The largest absolute Gasteiger partial charge is 0.199 e. The van der Waals surface area contributed by atoms with Crippen LogP contribution < -0.4 is 5.46 Å². The van der Waals surface area contributed by atoms with Gasteiger partial charge >= 0.3 is 0 Å². The van der Waals surface area contributed by atoms with Gasteiger partial charge in [-0.25, -0.2) is 0 Å². The van der Waals surface area contributed by atoms with E-state index in [4.69, 9.17) is 0 Å². The van der Waals surface area contributed by atoms with Gasteiger partial charge in [-0.05, 0) is 33.9 Å². The SMILES string of the molecule is C1=CC(B(c2ccccc2)C2C=Cc3ccccc32)c2ccccc21. The summed E-state index contributed by atoms with van der Waals surface area (Å²) < 4.78 is 0. The summed E-state index contributed by atoms with van der Waals surface area (Å²) in [6.45, 7) is 0.418. The molecule has 0 aromatic heterocycles. The number of fused-ring (bicyclic) bond motifs is 2. The van der Waals surface area contributed by atoms with Crippen LogP contribution in [0.15, 0.2) is 91.0 Å². The monoisotopic (exact) mass is 318 g/mol. The first kappa shape index (κ1) is 14.5. The van der Waals surface area contributed by atoms with Crippen LogP contribution in [0.4, 0.5) is 0 Å². The molecule has 0 N–H and O–H groups in total. The number of hydrogen-bond donors (Lipinski definition) is 0. The summed E-state index contributed by atoms with van der Waals surface area (Å²) in [5, 5.41) is 0. The molecule has 2 aliphatic rings. The van der Waals surface area contributed by atoms with Gasteiger partial charge in [-0.1, -0.05) is 109 Å². The Kier molecular flexibility index (Phi) is 3.45. The Morgan fingerprint density at radius 2 is 1.00 bits per heavy atom. The average Bonchev–Trinajstić information content (AvgIpc) is 3.29. The first-order valence-electron chi connectivity index (χ1n) is 9.01. The molecular weight excluding hydrogens is 299 g/mol. The van der Waals surface area contributed by atoms with E-state index >= 15 is 0 Å². The zero-order chi connectivity index (χ0) is 16.6. The Hall–Kier alpha value is -2.80. The molecule has 0 aliphatic heterocycles. The van der Waals surface area contributed by atoms with Crippen LogP contribution >= 0.6 is 0 Å². The second-order valence-corrected chi connectivity index (χ2v) is 6.96. The molecule has 2 unspecified atom stereocenters. The number of rotatable bonds is 3. The lowest BCUT2D eigenvalue weighted by atomic mass is 9.29. The van der Waals surface area contributed by atoms with E-state index < -0.39 is 0 Å². The first-order valence-corrected chi connectivity index (χ1v) is 9.01. The maximum Gasteiger partial charge on any atom is 0.199 e. The summed E-state index contributed by atoms with van der Waals surface area (Å²) in [5.41, 5.74) is 7.05. The lowest BCUT2D eigenvalue weighted by Crippen LogP contribution is -2.41. The van der Waals surface area contributed by atoms with Crippen molar-refractivity contribution < 1.29 is 0 Å². The summed E-state index contributed by atoms with van der Waals surface area (Å²) in [7, 11) is 0. The minimum atomic E-state index is 0.416. The fourth-order valence-corrected chi connectivity index (χ4v) is 4.49. The van der Waals surface area contributed by atoms with Crippen LogP contribution in [-0.4, -0.2) is 6.71 Å². The van der Waals surface area contributed by atoms with Crippen LogP contribution in [0.25, 0.3) is 12.2 Å². The van der Waals surface area contributed by atoms with Gasteiger partial charge in [0, 0.05) is 0 Å². The highest BCUT2D eigenvalue weighted by atomic mass is 14.2. The molecule has 0 bridgehead atoms. The summed E-state index contributed by atoms with van der Waals surface area (Å²) in [5.74, 6) is 0.832. The van der Waals surface area contributed by atoms with Gasteiger partial charge < -0.3 is 0 Å². The molecule has 5 rings (SSSR count). The Bertz CT molecular complexity index is 907. The summed E-state index contributed by atoms with van der Waals surface area (Å²) >= 11 is 0. The predicted molar refractivity (Wildman–Crippen MR) is 108 cm³/mol. The van der Waals surface area contributed by atoms with E-state index in [1.807, 2.05) is 0 Å². The molecular formula is C24H19B. The van der Waals surface area contributed by atoms with Gasteiger partial charge in [0.1, 0.15) is 0 Å². The molecule has 0 heterocycles. The fraction of sp³-hybridized carbons (Fsp3) is 0.0833. The minimum Gasteiger partial charge on any atom is -0.0832 e. The topological polar surface area (TPSA) is 0 Å². The molecule has 3 aromatic carbocycles. The molecule has 3 aromatic rings. The molecule has 0 saturated heterocycles. The van der Waals surface area contributed by atoms with E-state index in [9.17, 15) is 0 Å². The standard InChI is InChI=1S/C24H19B/c1-2-10-20(11-3-1)25(23-16-14-18-8-4-6-12-21(18)23)24-17-15-19-9-5-7-13-22(19)24/h1-17,23-24H. The van der Waals surface area contributed by atoms with E-state index in [0.29, 0.717) is 18.3 Å². The Balaban J connectivity index is 1.65. The van der Waals surface area contributed by atoms with Crippen LogP contribution in [0, 0.1) is 0 Å². The van der Waals surface area contributed by atoms with E-state index in [-0.39, 0.29) is 0 Å². The number of allylic oxidation sites excluding steroid dienone is 2. The number of hydrogen-bond acceptors (Lipinski definition) is 0. The van der Waals surface area contributed by atoms with Gasteiger partial charge in [0.2, 0.25) is 0 Å². The zero-order valence-electron chi connectivity index (χ0n) is 14.0. The van der Waals surface area contributed by atoms with Crippen molar-refractivity contribution in [3.05, 3.63) is 113 Å². The zero-order valence-corrected chi connectivity index (χ0v) is 14.0. The van der Waals surface area contributed by atoms with E-state index in [2.05, 4.69) is 103 Å². The van der Waals surface area contributed by atoms with Crippen LogP contribution in [0.3, 0.4) is 0 Å². The maximum absolute atomic E-state index is 2.40. The van der Waals surface area contributed by atoms with Gasteiger partial charge in [-0.3, -0.25) is 0 Å². The quantitative estimate of drug-likeness (QED) is 0.590. The molecule has 0 radical (unpaired) electrons. The van der Waals surface area contributed by atoms with Crippen molar-refractivity contribution in [1.82, 2.24) is 0 Å². The average molecular weight is 318 g/mol. The minimum absolute atomic E-state index is 0.416. The van der Waals surface area contributed by atoms with Crippen molar-refractivity contribution in [2.45, 2.75) is 11.6 Å². The fourth-order valence-electron chi connectivity index (χ4n) is 4.49. The van der Waals surface area contributed by atoms with Crippen molar-refractivity contribution >= 4 is 24.3 Å². The highest BCUT2D eigenvalue weighted by molar-refractivity contribution is 6.77. The van der Waals surface area contributed by atoms with Crippen LogP contribution in [0.1, 0.15) is 33.9 Å². The highest BCUT2D eigenvalue weighted by Gasteiger charge is 2.38. The highest BCUT2D eigenvalue weighted by Crippen LogP contribution is 2.40. The third-order valence-corrected chi connectivity index (χ3v) is 5.63. The van der Waals surface area contributed by atoms with E-state index in [0.717, 1.165) is 0 Å². The van der Waals surface area contributed by atoms with Crippen molar-refractivity contribution in [2.75, 3.05) is 0 Å². The van der Waals surface area contributed by atoms with Gasteiger partial charge in [-0.2, -0.15) is 0 Å². The molecule has 2 aliphatic carbocycles. The molecule has 1 heteroatoms.